The maximum absolute atomic E-state index is 12.7. The SMILES string of the molecule is O=C(Nc1cccc(CN2CCOCC2)c1)c1cc2c(=O)c3ccccc3oc2o1. The molecule has 1 N–H and O–H groups in total. The lowest BCUT2D eigenvalue weighted by Gasteiger charge is -2.26. The molecule has 1 aliphatic heterocycles. The molecule has 0 atom stereocenters. The molecule has 0 aliphatic carbocycles. The summed E-state index contributed by atoms with van der Waals surface area (Å²) in [5, 5.41) is 3.54. The highest BCUT2D eigenvalue weighted by Gasteiger charge is 2.18. The number of benzene rings is 2. The van der Waals surface area contributed by atoms with E-state index in [1.807, 2.05) is 24.3 Å². The smallest absolute Gasteiger partial charge is 0.302 e. The number of carbonyl (C=O) groups excluding carboxylic acids is 1. The van der Waals surface area contributed by atoms with Gasteiger partial charge in [-0.25, -0.2) is 0 Å². The van der Waals surface area contributed by atoms with Crippen molar-refractivity contribution in [2.24, 2.45) is 0 Å². The molecular weight excluding hydrogens is 384 g/mol. The third-order valence-corrected chi connectivity index (χ3v) is 5.20. The first-order chi connectivity index (χ1) is 14.7. The molecular formula is C23H20N2O5. The van der Waals surface area contributed by atoms with Crippen LogP contribution in [-0.2, 0) is 11.3 Å². The van der Waals surface area contributed by atoms with E-state index in [1.165, 1.54) is 6.07 Å². The molecule has 0 unspecified atom stereocenters. The van der Waals surface area contributed by atoms with Crippen LogP contribution in [0.25, 0.3) is 22.1 Å². The molecule has 0 radical (unpaired) electrons. The average molecular weight is 404 g/mol. The van der Waals surface area contributed by atoms with Crippen LogP contribution < -0.4 is 10.7 Å². The van der Waals surface area contributed by atoms with Crippen molar-refractivity contribution in [3.05, 3.63) is 76.1 Å². The van der Waals surface area contributed by atoms with E-state index in [4.69, 9.17) is 13.6 Å². The van der Waals surface area contributed by atoms with Crippen LogP contribution >= 0.6 is 0 Å². The van der Waals surface area contributed by atoms with Crippen LogP contribution in [0.1, 0.15) is 16.1 Å². The lowest BCUT2D eigenvalue weighted by Crippen LogP contribution is -2.35. The van der Waals surface area contributed by atoms with E-state index in [0.29, 0.717) is 16.7 Å². The molecule has 0 saturated carbocycles. The van der Waals surface area contributed by atoms with E-state index < -0.39 is 5.91 Å². The van der Waals surface area contributed by atoms with Gasteiger partial charge in [0.2, 0.25) is 5.43 Å². The van der Waals surface area contributed by atoms with Crippen LogP contribution in [-0.4, -0.2) is 37.1 Å². The molecule has 1 fully saturated rings. The molecule has 0 spiro atoms. The number of fused-ring (bicyclic) bond motifs is 2. The molecule has 30 heavy (non-hydrogen) atoms. The highest BCUT2D eigenvalue weighted by Crippen LogP contribution is 2.23. The highest BCUT2D eigenvalue weighted by atomic mass is 16.5. The lowest BCUT2D eigenvalue weighted by molar-refractivity contribution is 0.0342. The standard InChI is InChI=1S/C23H20N2O5/c26-21-17-6-1-2-7-19(17)29-23-18(21)13-20(30-23)22(27)24-16-5-3-4-15(12-16)14-25-8-10-28-11-9-25/h1-7,12-13H,8-11,14H2,(H,24,27). The molecule has 1 aliphatic rings. The number of nitrogens with one attached hydrogen (secondary N) is 1. The van der Waals surface area contributed by atoms with Crippen molar-refractivity contribution in [3.8, 4) is 0 Å². The number of rotatable bonds is 4. The van der Waals surface area contributed by atoms with Gasteiger partial charge < -0.3 is 18.9 Å². The Bertz CT molecular complexity index is 1280. The molecule has 0 bridgehead atoms. The van der Waals surface area contributed by atoms with Crippen molar-refractivity contribution in [2.45, 2.75) is 6.54 Å². The van der Waals surface area contributed by atoms with Crippen LogP contribution in [0.15, 0.2) is 68.2 Å². The molecule has 7 heteroatoms. The lowest BCUT2D eigenvalue weighted by atomic mass is 10.1. The summed E-state index contributed by atoms with van der Waals surface area (Å²) in [5.74, 6) is -0.363. The normalized spacial score (nSPS) is 14.9. The molecule has 152 valence electrons. The maximum atomic E-state index is 12.7. The van der Waals surface area contributed by atoms with E-state index in [2.05, 4.69) is 10.2 Å². The molecule has 5 rings (SSSR count). The summed E-state index contributed by atoms with van der Waals surface area (Å²) in [6, 6.07) is 16.0. The Balaban J connectivity index is 1.38. The number of anilines is 1. The van der Waals surface area contributed by atoms with Gasteiger partial charge in [-0.1, -0.05) is 24.3 Å². The van der Waals surface area contributed by atoms with Gasteiger partial charge in [0.25, 0.3) is 5.91 Å². The summed E-state index contributed by atoms with van der Waals surface area (Å²) >= 11 is 0. The Labute approximate surface area is 171 Å². The largest absolute Gasteiger partial charge is 0.425 e. The number of ether oxygens (including phenoxy) is 1. The monoisotopic (exact) mass is 404 g/mol. The van der Waals surface area contributed by atoms with E-state index in [0.717, 1.165) is 38.4 Å². The zero-order valence-corrected chi connectivity index (χ0v) is 16.2. The van der Waals surface area contributed by atoms with Crippen molar-refractivity contribution in [1.29, 1.82) is 0 Å². The van der Waals surface area contributed by atoms with Gasteiger partial charge in [0.1, 0.15) is 11.0 Å². The summed E-state index contributed by atoms with van der Waals surface area (Å²) in [7, 11) is 0. The van der Waals surface area contributed by atoms with Gasteiger partial charge >= 0.3 is 5.78 Å². The minimum absolute atomic E-state index is 0.0275. The Morgan fingerprint density at radius 3 is 2.67 bits per heavy atom. The van der Waals surface area contributed by atoms with Crippen molar-refractivity contribution in [1.82, 2.24) is 4.90 Å². The summed E-state index contributed by atoms with van der Waals surface area (Å²) in [4.78, 5) is 27.7. The van der Waals surface area contributed by atoms with Gasteiger partial charge in [0, 0.05) is 31.4 Å². The van der Waals surface area contributed by atoms with Crippen molar-refractivity contribution in [2.75, 3.05) is 31.6 Å². The van der Waals surface area contributed by atoms with Crippen LogP contribution in [0.3, 0.4) is 0 Å². The predicted molar refractivity (Wildman–Crippen MR) is 113 cm³/mol. The van der Waals surface area contributed by atoms with Gasteiger partial charge in [-0.05, 0) is 29.8 Å². The quantitative estimate of drug-likeness (QED) is 0.559. The van der Waals surface area contributed by atoms with Gasteiger partial charge in [0.05, 0.1) is 18.6 Å². The Morgan fingerprint density at radius 2 is 1.80 bits per heavy atom. The molecule has 3 heterocycles. The fourth-order valence-corrected chi connectivity index (χ4v) is 3.67. The molecule has 1 saturated heterocycles. The zero-order valence-electron chi connectivity index (χ0n) is 16.2. The van der Waals surface area contributed by atoms with E-state index in [1.54, 1.807) is 24.3 Å². The van der Waals surface area contributed by atoms with E-state index in [-0.39, 0.29) is 22.4 Å². The number of amides is 1. The van der Waals surface area contributed by atoms with E-state index >= 15 is 0 Å². The molecule has 1 amide bonds. The summed E-state index contributed by atoms with van der Waals surface area (Å²) in [6.45, 7) is 4.06. The van der Waals surface area contributed by atoms with Crippen LogP contribution in [0.2, 0.25) is 0 Å². The first-order valence-electron chi connectivity index (χ1n) is 9.83. The summed E-state index contributed by atoms with van der Waals surface area (Å²) in [5.41, 5.74) is 1.97. The van der Waals surface area contributed by atoms with Gasteiger partial charge in [0.15, 0.2) is 5.76 Å². The predicted octanol–water partition coefficient (Wildman–Crippen LogP) is 3.62. The zero-order chi connectivity index (χ0) is 20.5. The number of hydrogen-bond acceptors (Lipinski definition) is 6. The van der Waals surface area contributed by atoms with Crippen LogP contribution in [0, 0.1) is 0 Å². The summed E-state index contributed by atoms with van der Waals surface area (Å²) in [6.07, 6.45) is 0. The van der Waals surface area contributed by atoms with Crippen molar-refractivity contribution >= 4 is 33.7 Å². The number of hydrogen-bond donors (Lipinski definition) is 1. The number of furan rings is 1. The number of para-hydroxylation sites is 1. The number of morpholine rings is 1. The average Bonchev–Trinajstić information content (AvgIpc) is 3.20. The second-order valence-corrected chi connectivity index (χ2v) is 7.28. The third-order valence-electron chi connectivity index (χ3n) is 5.20. The molecule has 2 aromatic carbocycles. The Morgan fingerprint density at radius 1 is 0.967 bits per heavy atom. The minimum Gasteiger partial charge on any atom is -0.425 e. The number of carbonyl (C=O) groups is 1. The van der Waals surface area contributed by atoms with Crippen LogP contribution in [0.5, 0.6) is 0 Å². The molecule has 7 nitrogen and oxygen atoms in total. The molecule has 2 aromatic heterocycles. The second kappa shape index (κ2) is 7.78. The fourth-order valence-electron chi connectivity index (χ4n) is 3.67. The first kappa shape index (κ1) is 18.6. The first-order valence-corrected chi connectivity index (χ1v) is 9.83. The maximum Gasteiger partial charge on any atom is 0.302 e. The van der Waals surface area contributed by atoms with Gasteiger partial charge in [-0.3, -0.25) is 14.5 Å². The van der Waals surface area contributed by atoms with Gasteiger partial charge in [-0.15, -0.1) is 0 Å². The Hall–Kier alpha value is -3.42. The van der Waals surface area contributed by atoms with E-state index in [9.17, 15) is 9.59 Å². The fraction of sp³-hybridized carbons (Fsp3) is 0.217. The van der Waals surface area contributed by atoms with Gasteiger partial charge in [-0.2, -0.15) is 0 Å². The van der Waals surface area contributed by atoms with Crippen molar-refractivity contribution in [3.63, 3.8) is 0 Å². The third kappa shape index (κ3) is 3.60. The topological polar surface area (TPSA) is 84.9 Å². The van der Waals surface area contributed by atoms with Crippen LogP contribution in [0.4, 0.5) is 5.69 Å². The number of nitrogens with zero attached hydrogens (tertiary/aromatic N) is 1. The minimum atomic E-state index is -0.437. The molecule has 4 aromatic rings. The summed E-state index contributed by atoms with van der Waals surface area (Å²) < 4.78 is 16.6. The highest BCUT2D eigenvalue weighted by molar-refractivity contribution is 6.04. The Kier molecular flexibility index (Phi) is 4.82. The second-order valence-electron chi connectivity index (χ2n) is 7.28. The van der Waals surface area contributed by atoms with Crippen molar-refractivity contribution < 1.29 is 18.4 Å².